The van der Waals surface area contributed by atoms with Crippen molar-refractivity contribution >= 4 is 40.1 Å². The minimum absolute atomic E-state index is 0.0396. The number of aromatic nitrogens is 3. The van der Waals surface area contributed by atoms with Crippen molar-refractivity contribution in [1.29, 1.82) is 0 Å². The fourth-order valence-corrected chi connectivity index (χ4v) is 4.64. The maximum Gasteiger partial charge on any atom is 0.417 e. The number of anilines is 1. The second-order valence-corrected chi connectivity index (χ2v) is 9.14. The van der Waals surface area contributed by atoms with Gasteiger partial charge in [0.1, 0.15) is 17.2 Å². The Hall–Kier alpha value is -2.03. The lowest BCUT2D eigenvalue weighted by Gasteiger charge is -2.28. The predicted molar refractivity (Wildman–Crippen MR) is 122 cm³/mol. The molecular formula is C22H24Cl2F3N5. The minimum Gasteiger partial charge on any atom is -0.370 e. The number of pyridine rings is 1. The van der Waals surface area contributed by atoms with Crippen LogP contribution in [0.3, 0.4) is 0 Å². The van der Waals surface area contributed by atoms with Gasteiger partial charge in [-0.25, -0.2) is 9.97 Å². The number of H-pyrrole nitrogens is 1. The summed E-state index contributed by atoms with van der Waals surface area (Å²) in [6, 6.07) is 4.10. The highest BCUT2D eigenvalue weighted by molar-refractivity contribution is 6.38. The highest BCUT2D eigenvalue weighted by atomic mass is 35.5. The zero-order valence-corrected chi connectivity index (χ0v) is 19.1. The Bertz CT molecular complexity index is 1090. The molecule has 172 valence electrons. The maximum atomic E-state index is 13.8. The molecule has 1 aliphatic rings. The number of nitrogens with zero attached hydrogens (tertiary/aromatic N) is 3. The fraction of sp³-hybridized carbons (Fsp3) is 0.455. The molecule has 1 aromatic carbocycles. The molecule has 0 aliphatic carbocycles. The molecule has 10 heteroatoms. The van der Waals surface area contributed by atoms with Crippen molar-refractivity contribution in [3.63, 3.8) is 0 Å². The molecular weight excluding hydrogens is 462 g/mol. The van der Waals surface area contributed by atoms with Gasteiger partial charge in [0.05, 0.1) is 16.1 Å². The largest absolute Gasteiger partial charge is 0.417 e. The van der Waals surface area contributed by atoms with Crippen LogP contribution < -0.4 is 5.32 Å². The van der Waals surface area contributed by atoms with E-state index in [1.54, 1.807) is 6.07 Å². The van der Waals surface area contributed by atoms with Gasteiger partial charge >= 0.3 is 6.18 Å². The second-order valence-electron chi connectivity index (χ2n) is 8.30. The van der Waals surface area contributed by atoms with E-state index in [1.807, 2.05) is 0 Å². The molecule has 0 unspecified atom stereocenters. The smallest absolute Gasteiger partial charge is 0.370 e. The Kier molecular flexibility index (Phi) is 6.83. The summed E-state index contributed by atoms with van der Waals surface area (Å²) in [5.74, 6) is 0.918. The summed E-state index contributed by atoms with van der Waals surface area (Å²) in [7, 11) is 2.13. The molecule has 3 heterocycles. The van der Waals surface area contributed by atoms with Crippen LogP contribution in [0.2, 0.25) is 10.0 Å². The van der Waals surface area contributed by atoms with Crippen LogP contribution in [0.25, 0.3) is 22.4 Å². The fourth-order valence-electron chi connectivity index (χ4n) is 4.10. The van der Waals surface area contributed by atoms with Crippen LogP contribution in [0.4, 0.5) is 19.0 Å². The van der Waals surface area contributed by atoms with E-state index in [-0.39, 0.29) is 22.2 Å². The van der Waals surface area contributed by atoms with E-state index in [2.05, 4.69) is 32.2 Å². The zero-order chi connectivity index (χ0) is 22.9. The van der Waals surface area contributed by atoms with Gasteiger partial charge < -0.3 is 15.2 Å². The third-order valence-electron chi connectivity index (χ3n) is 5.90. The van der Waals surface area contributed by atoms with Gasteiger partial charge in [0.15, 0.2) is 0 Å². The number of hydrogen-bond donors (Lipinski definition) is 2. The molecule has 0 radical (unpaired) electrons. The van der Waals surface area contributed by atoms with Crippen LogP contribution in [0, 0.1) is 5.92 Å². The molecule has 1 fully saturated rings. The Labute approximate surface area is 194 Å². The molecule has 4 rings (SSSR count). The van der Waals surface area contributed by atoms with Gasteiger partial charge in [0.25, 0.3) is 0 Å². The Balaban J connectivity index is 1.49. The average molecular weight is 486 g/mol. The topological polar surface area (TPSA) is 56.8 Å². The number of likely N-dealkylation sites (tertiary alicyclic amines) is 1. The number of fused-ring (bicyclic) bond motifs is 1. The van der Waals surface area contributed by atoms with Crippen molar-refractivity contribution in [1.82, 2.24) is 19.9 Å². The van der Waals surface area contributed by atoms with E-state index in [4.69, 9.17) is 23.2 Å². The number of aromatic amines is 1. The van der Waals surface area contributed by atoms with Crippen LogP contribution in [-0.4, -0.2) is 46.5 Å². The summed E-state index contributed by atoms with van der Waals surface area (Å²) in [6.45, 7) is 2.79. The average Bonchev–Trinajstić information content (AvgIpc) is 3.16. The number of rotatable bonds is 6. The van der Waals surface area contributed by atoms with Gasteiger partial charge in [-0.3, -0.25) is 0 Å². The van der Waals surface area contributed by atoms with E-state index in [9.17, 15) is 13.2 Å². The van der Waals surface area contributed by atoms with Crippen molar-refractivity contribution in [2.75, 3.05) is 32.0 Å². The van der Waals surface area contributed by atoms with Crippen LogP contribution in [0.1, 0.15) is 31.2 Å². The summed E-state index contributed by atoms with van der Waals surface area (Å²) >= 11 is 12.1. The molecule has 32 heavy (non-hydrogen) atoms. The maximum absolute atomic E-state index is 13.8. The lowest BCUT2D eigenvalue weighted by atomic mass is 9.92. The molecule has 1 saturated heterocycles. The van der Waals surface area contributed by atoms with E-state index in [1.165, 1.54) is 25.1 Å². The van der Waals surface area contributed by atoms with Crippen molar-refractivity contribution < 1.29 is 13.2 Å². The number of imidazole rings is 1. The summed E-state index contributed by atoms with van der Waals surface area (Å²) in [5, 5.41) is 3.67. The molecule has 0 spiro atoms. The van der Waals surface area contributed by atoms with Crippen LogP contribution in [-0.2, 0) is 6.18 Å². The summed E-state index contributed by atoms with van der Waals surface area (Å²) in [4.78, 5) is 13.6. The van der Waals surface area contributed by atoms with Gasteiger partial charge in [0.2, 0.25) is 0 Å². The first-order valence-corrected chi connectivity index (χ1v) is 11.3. The van der Waals surface area contributed by atoms with E-state index < -0.39 is 11.7 Å². The molecule has 0 atom stereocenters. The van der Waals surface area contributed by atoms with Gasteiger partial charge in [-0.2, -0.15) is 13.2 Å². The molecule has 2 aromatic heterocycles. The van der Waals surface area contributed by atoms with Gasteiger partial charge in [0, 0.05) is 23.3 Å². The number of halogens is 5. The first-order valence-electron chi connectivity index (χ1n) is 10.6. The molecule has 5 nitrogen and oxygen atoms in total. The molecule has 3 aromatic rings. The van der Waals surface area contributed by atoms with E-state index >= 15 is 0 Å². The third-order valence-corrected chi connectivity index (χ3v) is 6.41. The Morgan fingerprint density at radius 1 is 1.19 bits per heavy atom. The molecule has 1 aliphatic heterocycles. The van der Waals surface area contributed by atoms with Gasteiger partial charge in [-0.05, 0) is 69.9 Å². The Morgan fingerprint density at radius 3 is 2.66 bits per heavy atom. The lowest BCUT2D eigenvalue weighted by molar-refractivity contribution is -0.137. The summed E-state index contributed by atoms with van der Waals surface area (Å²) in [6.07, 6.45) is 0.927. The number of piperidine rings is 1. The first-order chi connectivity index (χ1) is 15.2. The second kappa shape index (κ2) is 9.45. The van der Waals surface area contributed by atoms with Crippen molar-refractivity contribution in [3.8, 4) is 11.4 Å². The number of benzene rings is 1. The zero-order valence-electron chi connectivity index (χ0n) is 17.6. The monoisotopic (exact) mass is 485 g/mol. The SMILES string of the molecule is CN1CCC(CCCNc2cc(C(F)(F)F)c(-c3nc4c(Cl)cc(Cl)cc4[nH]3)cn2)CC1. The molecule has 0 bridgehead atoms. The van der Waals surface area contributed by atoms with Crippen LogP contribution >= 0.6 is 23.2 Å². The van der Waals surface area contributed by atoms with E-state index in [0.29, 0.717) is 28.5 Å². The minimum atomic E-state index is -4.57. The number of nitrogens with one attached hydrogen (secondary N) is 2. The molecule has 0 saturated carbocycles. The third kappa shape index (κ3) is 5.30. The van der Waals surface area contributed by atoms with Gasteiger partial charge in [-0.1, -0.05) is 23.2 Å². The highest BCUT2D eigenvalue weighted by Crippen LogP contribution is 2.38. The van der Waals surface area contributed by atoms with Crippen molar-refractivity contribution in [2.24, 2.45) is 5.92 Å². The normalized spacial score (nSPS) is 16.1. The lowest BCUT2D eigenvalue weighted by Crippen LogP contribution is -2.30. The van der Waals surface area contributed by atoms with Crippen molar-refractivity contribution in [2.45, 2.75) is 31.9 Å². The molecule has 0 amide bonds. The van der Waals surface area contributed by atoms with Crippen LogP contribution in [0.15, 0.2) is 24.4 Å². The summed E-state index contributed by atoms with van der Waals surface area (Å²) in [5.41, 5.74) is -0.138. The highest BCUT2D eigenvalue weighted by Gasteiger charge is 2.35. The quantitative estimate of drug-likeness (QED) is 0.392. The van der Waals surface area contributed by atoms with Crippen LogP contribution in [0.5, 0.6) is 0 Å². The van der Waals surface area contributed by atoms with E-state index in [0.717, 1.165) is 32.0 Å². The Morgan fingerprint density at radius 2 is 1.94 bits per heavy atom. The first kappa shape index (κ1) is 23.1. The molecule has 2 N–H and O–H groups in total. The standard InChI is InChI=1S/C22H24Cl2F3N5/c1-32-7-4-13(5-8-32)3-2-6-28-19-11-16(22(25,26)27)15(12-29-19)21-30-18-10-14(23)9-17(24)20(18)31-21/h9-13H,2-8H2,1H3,(H,28,29)(H,30,31). The predicted octanol–water partition coefficient (Wildman–Crippen LogP) is 6.48. The number of alkyl halides is 3. The van der Waals surface area contributed by atoms with Gasteiger partial charge in [-0.15, -0.1) is 0 Å². The number of hydrogen-bond acceptors (Lipinski definition) is 4. The summed E-state index contributed by atoms with van der Waals surface area (Å²) < 4.78 is 41.5. The van der Waals surface area contributed by atoms with Crippen molar-refractivity contribution in [3.05, 3.63) is 40.0 Å².